The minimum absolute atomic E-state index is 0.0747. The molecule has 1 amide bonds. The van der Waals surface area contributed by atoms with Crippen LogP contribution in [0.1, 0.15) is 23.2 Å². The van der Waals surface area contributed by atoms with Crippen LogP contribution < -0.4 is 10.9 Å². The molecule has 0 unspecified atom stereocenters. The van der Waals surface area contributed by atoms with Crippen molar-refractivity contribution in [3.05, 3.63) is 63.8 Å². The molecule has 0 aliphatic carbocycles. The van der Waals surface area contributed by atoms with E-state index in [0.717, 1.165) is 0 Å². The standard InChI is InChI=1S/C17H18F3N3O3/c1-11-9-14(24)23-13(22-11)7-8-21-15(25)10-26-16(17(18,19)20)12-5-3-2-4-6-12/h2-6,9,16H,7-8,10H2,1H3,(H,21,25)(H,22,23,24)/t16-/m1/s1. The van der Waals surface area contributed by atoms with Crippen LogP contribution in [0.3, 0.4) is 0 Å². The third-order valence-electron chi connectivity index (χ3n) is 3.38. The van der Waals surface area contributed by atoms with Crippen LogP contribution in [0.5, 0.6) is 0 Å². The molecule has 0 aliphatic heterocycles. The Morgan fingerprint density at radius 3 is 2.62 bits per heavy atom. The number of hydrogen-bond donors (Lipinski definition) is 2. The molecular formula is C17H18F3N3O3. The largest absolute Gasteiger partial charge is 0.418 e. The first-order valence-corrected chi connectivity index (χ1v) is 7.82. The fourth-order valence-corrected chi connectivity index (χ4v) is 2.30. The van der Waals surface area contributed by atoms with E-state index in [2.05, 4.69) is 15.3 Å². The second-order valence-electron chi connectivity index (χ2n) is 5.58. The van der Waals surface area contributed by atoms with Gasteiger partial charge in [0.1, 0.15) is 12.4 Å². The molecule has 6 nitrogen and oxygen atoms in total. The van der Waals surface area contributed by atoms with E-state index in [1.807, 2.05) is 0 Å². The Balaban J connectivity index is 1.85. The van der Waals surface area contributed by atoms with Crippen LogP contribution >= 0.6 is 0 Å². The Bertz CT molecular complexity index is 791. The molecule has 0 radical (unpaired) electrons. The molecule has 1 heterocycles. The topological polar surface area (TPSA) is 84.1 Å². The predicted molar refractivity (Wildman–Crippen MR) is 87.5 cm³/mol. The van der Waals surface area contributed by atoms with Gasteiger partial charge in [-0.3, -0.25) is 9.59 Å². The minimum atomic E-state index is -4.63. The van der Waals surface area contributed by atoms with Crippen LogP contribution in [0.15, 0.2) is 41.2 Å². The fraction of sp³-hybridized carbons (Fsp3) is 0.353. The molecule has 2 aromatic rings. The van der Waals surface area contributed by atoms with Gasteiger partial charge in [0.2, 0.25) is 5.91 Å². The molecule has 9 heteroatoms. The highest BCUT2D eigenvalue weighted by Crippen LogP contribution is 2.35. The predicted octanol–water partition coefficient (Wildman–Crippen LogP) is 2.06. The Morgan fingerprint density at radius 2 is 2.00 bits per heavy atom. The molecule has 140 valence electrons. The molecule has 0 bridgehead atoms. The quantitative estimate of drug-likeness (QED) is 0.783. The van der Waals surface area contributed by atoms with Crippen LogP contribution in [0.2, 0.25) is 0 Å². The highest BCUT2D eigenvalue weighted by atomic mass is 19.4. The van der Waals surface area contributed by atoms with E-state index in [1.54, 1.807) is 13.0 Å². The lowest BCUT2D eigenvalue weighted by Gasteiger charge is -2.21. The number of amides is 1. The number of H-pyrrole nitrogens is 1. The summed E-state index contributed by atoms with van der Waals surface area (Å²) < 4.78 is 44.1. The number of nitrogens with one attached hydrogen (secondary N) is 2. The van der Waals surface area contributed by atoms with Gasteiger partial charge in [-0.15, -0.1) is 0 Å². The van der Waals surface area contributed by atoms with Gasteiger partial charge in [0, 0.05) is 24.7 Å². The third-order valence-corrected chi connectivity index (χ3v) is 3.38. The van der Waals surface area contributed by atoms with Gasteiger partial charge in [-0.05, 0) is 12.5 Å². The number of carbonyl (C=O) groups is 1. The second kappa shape index (κ2) is 8.61. The van der Waals surface area contributed by atoms with E-state index in [9.17, 15) is 22.8 Å². The van der Waals surface area contributed by atoms with Gasteiger partial charge in [0.05, 0.1) is 0 Å². The molecule has 0 fully saturated rings. The smallest absolute Gasteiger partial charge is 0.354 e. The van der Waals surface area contributed by atoms with Gasteiger partial charge >= 0.3 is 6.18 Å². The summed E-state index contributed by atoms with van der Waals surface area (Å²) in [5.41, 5.74) is 0.154. The SMILES string of the molecule is Cc1cc(=O)[nH]c(CCNC(=O)CO[C@H](c2ccccc2)C(F)(F)F)n1. The number of aryl methyl sites for hydroxylation is 1. The highest BCUT2D eigenvalue weighted by Gasteiger charge is 2.42. The number of halogens is 3. The van der Waals surface area contributed by atoms with Gasteiger partial charge in [0.25, 0.3) is 5.56 Å². The summed E-state index contributed by atoms with van der Waals surface area (Å²) in [6.45, 7) is 1.03. The maximum Gasteiger partial charge on any atom is 0.418 e. The average Bonchev–Trinajstić information content (AvgIpc) is 2.54. The van der Waals surface area contributed by atoms with Crippen molar-refractivity contribution in [1.29, 1.82) is 0 Å². The van der Waals surface area contributed by atoms with Crippen LogP contribution in [-0.2, 0) is 16.0 Å². The number of carbonyl (C=O) groups excluding carboxylic acids is 1. The zero-order valence-electron chi connectivity index (χ0n) is 14.0. The number of alkyl halides is 3. The lowest BCUT2D eigenvalue weighted by atomic mass is 10.1. The van der Waals surface area contributed by atoms with Crippen LogP contribution in [-0.4, -0.2) is 35.2 Å². The lowest BCUT2D eigenvalue weighted by Crippen LogP contribution is -2.33. The maximum absolute atomic E-state index is 13.1. The summed E-state index contributed by atoms with van der Waals surface area (Å²) in [5.74, 6) is -0.307. The molecule has 1 aromatic carbocycles. The van der Waals surface area contributed by atoms with Crippen LogP contribution in [0.4, 0.5) is 13.2 Å². The molecular weight excluding hydrogens is 351 g/mol. The average molecular weight is 369 g/mol. The zero-order chi connectivity index (χ0) is 19.2. The lowest BCUT2D eigenvalue weighted by molar-refractivity contribution is -0.223. The Hall–Kier alpha value is -2.68. The second-order valence-corrected chi connectivity index (χ2v) is 5.58. The van der Waals surface area contributed by atoms with Crippen molar-refractivity contribution in [2.45, 2.75) is 25.6 Å². The number of nitrogens with zero attached hydrogens (tertiary/aromatic N) is 1. The highest BCUT2D eigenvalue weighted by molar-refractivity contribution is 5.77. The summed E-state index contributed by atoms with van der Waals surface area (Å²) in [7, 11) is 0. The summed E-state index contributed by atoms with van der Waals surface area (Å²) >= 11 is 0. The minimum Gasteiger partial charge on any atom is -0.354 e. The van der Waals surface area contributed by atoms with Crippen molar-refractivity contribution in [3.63, 3.8) is 0 Å². The van der Waals surface area contributed by atoms with E-state index in [-0.39, 0.29) is 24.1 Å². The van der Waals surface area contributed by atoms with Crippen LogP contribution in [0, 0.1) is 6.92 Å². The van der Waals surface area contributed by atoms with Crippen molar-refractivity contribution in [3.8, 4) is 0 Å². The van der Waals surface area contributed by atoms with E-state index in [1.165, 1.54) is 30.3 Å². The zero-order valence-corrected chi connectivity index (χ0v) is 14.0. The molecule has 1 atom stereocenters. The molecule has 0 saturated heterocycles. The Labute approximate surface area is 147 Å². The monoisotopic (exact) mass is 369 g/mol. The summed E-state index contributed by atoms with van der Waals surface area (Å²) in [6.07, 6.45) is -6.57. The first-order valence-electron chi connectivity index (χ1n) is 7.82. The molecule has 0 saturated carbocycles. The van der Waals surface area contributed by atoms with Crippen molar-refractivity contribution in [1.82, 2.24) is 15.3 Å². The number of hydrogen-bond acceptors (Lipinski definition) is 4. The van der Waals surface area contributed by atoms with Crippen molar-refractivity contribution < 1.29 is 22.7 Å². The Kier molecular flexibility index (Phi) is 6.51. The summed E-state index contributed by atoms with van der Waals surface area (Å²) in [4.78, 5) is 29.6. The Morgan fingerprint density at radius 1 is 1.31 bits per heavy atom. The van der Waals surface area contributed by atoms with Gasteiger partial charge in [0.15, 0.2) is 6.10 Å². The number of benzene rings is 1. The first kappa shape index (κ1) is 19.6. The third kappa shape index (κ3) is 5.99. The van der Waals surface area contributed by atoms with E-state index >= 15 is 0 Å². The van der Waals surface area contributed by atoms with Crippen molar-refractivity contribution >= 4 is 5.91 Å². The molecule has 26 heavy (non-hydrogen) atoms. The number of aromatic amines is 1. The molecule has 2 rings (SSSR count). The van der Waals surface area contributed by atoms with Gasteiger partial charge in [-0.25, -0.2) is 4.98 Å². The van der Waals surface area contributed by atoms with Crippen molar-refractivity contribution in [2.24, 2.45) is 0 Å². The van der Waals surface area contributed by atoms with E-state index < -0.39 is 24.8 Å². The van der Waals surface area contributed by atoms with Gasteiger partial charge in [-0.1, -0.05) is 30.3 Å². The van der Waals surface area contributed by atoms with Crippen LogP contribution in [0.25, 0.3) is 0 Å². The maximum atomic E-state index is 13.1. The molecule has 0 spiro atoms. The van der Waals surface area contributed by atoms with Crippen molar-refractivity contribution in [2.75, 3.05) is 13.2 Å². The first-order chi connectivity index (χ1) is 12.3. The van der Waals surface area contributed by atoms with E-state index in [0.29, 0.717) is 11.5 Å². The summed E-state index contributed by atoms with van der Waals surface area (Å²) in [5, 5.41) is 2.44. The van der Waals surface area contributed by atoms with Gasteiger partial charge < -0.3 is 15.0 Å². The molecule has 2 N–H and O–H groups in total. The number of ether oxygens (including phenoxy) is 1. The molecule has 0 aliphatic rings. The fourth-order valence-electron chi connectivity index (χ4n) is 2.30. The number of rotatable bonds is 7. The van der Waals surface area contributed by atoms with Gasteiger partial charge in [-0.2, -0.15) is 13.2 Å². The van der Waals surface area contributed by atoms with E-state index in [4.69, 9.17) is 4.74 Å². The normalized spacial score (nSPS) is 12.6. The molecule has 1 aromatic heterocycles. The summed E-state index contributed by atoms with van der Waals surface area (Å²) in [6, 6.07) is 8.43. The number of aromatic nitrogens is 2.